The first-order chi connectivity index (χ1) is 9.69. The Morgan fingerprint density at radius 3 is 2.85 bits per heavy atom. The van der Waals surface area contributed by atoms with Crippen LogP contribution in [0.5, 0.6) is 0 Å². The number of carbonyl (C=O) groups excluding carboxylic acids is 1. The molecule has 0 bridgehead atoms. The summed E-state index contributed by atoms with van der Waals surface area (Å²) in [6.45, 7) is 3.79. The van der Waals surface area contributed by atoms with E-state index < -0.39 is 0 Å². The van der Waals surface area contributed by atoms with Crippen LogP contribution >= 0.6 is 0 Å². The summed E-state index contributed by atoms with van der Waals surface area (Å²) in [5, 5.41) is 4.16. The summed E-state index contributed by atoms with van der Waals surface area (Å²) in [5.41, 5.74) is 2.91. The standard InChI is InChI=1S/C17H20N2O/c1-3-12-8-9-14-15(11-19(2)16(14)10-12)17(20)18-13-6-4-5-7-13/h3,8-11,13H,1,4-7H2,2H3,(H,18,20). The number of nitrogens with one attached hydrogen (secondary N) is 1. The van der Waals surface area contributed by atoms with Crippen LogP contribution in [0.3, 0.4) is 0 Å². The second-order valence-electron chi connectivity index (χ2n) is 5.59. The van der Waals surface area contributed by atoms with Gasteiger partial charge in [0.2, 0.25) is 0 Å². The summed E-state index contributed by atoms with van der Waals surface area (Å²) in [6, 6.07) is 6.43. The van der Waals surface area contributed by atoms with Crippen molar-refractivity contribution >= 4 is 22.9 Å². The van der Waals surface area contributed by atoms with Gasteiger partial charge in [0.1, 0.15) is 0 Å². The van der Waals surface area contributed by atoms with Gasteiger partial charge in [-0.3, -0.25) is 4.79 Å². The molecule has 1 amide bonds. The van der Waals surface area contributed by atoms with E-state index in [1.165, 1.54) is 12.8 Å². The van der Waals surface area contributed by atoms with Crippen LogP contribution in [0.15, 0.2) is 31.0 Å². The quantitative estimate of drug-likeness (QED) is 0.908. The van der Waals surface area contributed by atoms with Crippen molar-refractivity contribution in [2.24, 2.45) is 7.05 Å². The van der Waals surface area contributed by atoms with E-state index >= 15 is 0 Å². The van der Waals surface area contributed by atoms with Crippen LogP contribution in [0.25, 0.3) is 17.0 Å². The first kappa shape index (κ1) is 13.0. The first-order valence-corrected chi connectivity index (χ1v) is 7.21. The number of fused-ring (bicyclic) bond motifs is 1. The lowest BCUT2D eigenvalue weighted by Gasteiger charge is -2.11. The van der Waals surface area contributed by atoms with Crippen LogP contribution in [0, 0.1) is 0 Å². The Kier molecular flexibility index (Phi) is 3.35. The largest absolute Gasteiger partial charge is 0.350 e. The monoisotopic (exact) mass is 268 g/mol. The molecule has 1 aromatic heterocycles. The van der Waals surface area contributed by atoms with Gasteiger partial charge in [-0.15, -0.1) is 0 Å². The number of carbonyl (C=O) groups is 1. The van der Waals surface area contributed by atoms with Crippen molar-refractivity contribution in [2.45, 2.75) is 31.7 Å². The molecule has 1 fully saturated rings. The average molecular weight is 268 g/mol. The van der Waals surface area contributed by atoms with E-state index in [0.29, 0.717) is 6.04 Å². The maximum absolute atomic E-state index is 12.4. The van der Waals surface area contributed by atoms with Crippen LogP contribution in [0.2, 0.25) is 0 Å². The van der Waals surface area contributed by atoms with E-state index in [9.17, 15) is 4.79 Å². The van der Waals surface area contributed by atoms with Gasteiger partial charge in [-0.05, 0) is 24.5 Å². The molecule has 20 heavy (non-hydrogen) atoms. The normalized spacial score (nSPS) is 15.7. The van der Waals surface area contributed by atoms with Gasteiger partial charge in [0, 0.05) is 30.2 Å². The molecule has 3 rings (SSSR count). The summed E-state index contributed by atoms with van der Waals surface area (Å²) in [5.74, 6) is 0.0499. The summed E-state index contributed by atoms with van der Waals surface area (Å²) in [6.07, 6.45) is 8.41. The van der Waals surface area contributed by atoms with Crippen LogP contribution < -0.4 is 5.32 Å². The third-order valence-electron chi connectivity index (χ3n) is 4.19. The van der Waals surface area contributed by atoms with Crippen molar-refractivity contribution in [3.63, 3.8) is 0 Å². The summed E-state index contributed by atoms with van der Waals surface area (Å²) in [7, 11) is 1.97. The average Bonchev–Trinajstić information content (AvgIpc) is 3.07. The Labute approximate surface area is 119 Å². The molecular formula is C17H20N2O. The van der Waals surface area contributed by atoms with Crippen LogP contribution in [-0.4, -0.2) is 16.5 Å². The number of hydrogen-bond acceptors (Lipinski definition) is 1. The lowest BCUT2D eigenvalue weighted by atomic mass is 10.1. The molecule has 1 saturated carbocycles. The second-order valence-corrected chi connectivity index (χ2v) is 5.59. The highest BCUT2D eigenvalue weighted by atomic mass is 16.1. The fraction of sp³-hybridized carbons (Fsp3) is 0.353. The predicted molar refractivity (Wildman–Crippen MR) is 82.7 cm³/mol. The highest BCUT2D eigenvalue weighted by molar-refractivity contribution is 6.07. The van der Waals surface area contributed by atoms with Gasteiger partial charge < -0.3 is 9.88 Å². The van der Waals surface area contributed by atoms with Crippen LogP contribution in [-0.2, 0) is 7.05 Å². The molecule has 1 aliphatic carbocycles. The molecule has 0 atom stereocenters. The molecule has 1 aliphatic rings. The number of nitrogens with zero attached hydrogens (tertiary/aromatic N) is 1. The molecule has 3 nitrogen and oxygen atoms in total. The first-order valence-electron chi connectivity index (χ1n) is 7.21. The van der Waals surface area contributed by atoms with Gasteiger partial charge in [-0.1, -0.05) is 37.6 Å². The number of hydrogen-bond donors (Lipinski definition) is 1. The third kappa shape index (κ3) is 2.24. The number of aromatic nitrogens is 1. The molecule has 1 aromatic carbocycles. The zero-order chi connectivity index (χ0) is 14.1. The maximum Gasteiger partial charge on any atom is 0.253 e. The fourth-order valence-corrected chi connectivity index (χ4v) is 3.04. The van der Waals surface area contributed by atoms with Gasteiger partial charge >= 0.3 is 0 Å². The minimum Gasteiger partial charge on any atom is -0.350 e. The van der Waals surface area contributed by atoms with Gasteiger partial charge in [0.15, 0.2) is 0 Å². The molecule has 104 valence electrons. The second kappa shape index (κ2) is 5.16. The van der Waals surface area contributed by atoms with Crippen molar-refractivity contribution in [1.82, 2.24) is 9.88 Å². The Morgan fingerprint density at radius 1 is 1.40 bits per heavy atom. The molecule has 3 heteroatoms. The highest BCUT2D eigenvalue weighted by Gasteiger charge is 2.20. The minimum atomic E-state index is 0.0499. The third-order valence-corrected chi connectivity index (χ3v) is 4.19. The molecule has 0 saturated heterocycles. The minimum absolute atomic E-state index is 0.0499. The SMILES string of the molecule is C=Cc1ccc2c(C(=O)NC3CCCC3)cn(C)c2c1. The van der Waals surface area contributed by atoms with Gasteiger partial charge in [-0.25, -0.2) is 0 Å². The van der Waals surface area contributed by atoms with Crippen LogP contribution in [0.4, 0.5) is 0 Å². The Morgan fingerprint density at radius 2 is 2.15 bits per heavy atom. The predicted octanol–water partition coefficient (Wildman–Crippen LogP) is 3.49. The summed E-state index contributed by atoms with van der Waals surface area (Å²) >= 11 is 0. The van der Waals surface area contributed by atoms with Crippen molar-refractivity contribution in [2.75, 3.05) is 0 Å². The van der Waals surface area contributed by atoms with E-state index in [2.05, 4.69) is 18.0 Å². The smallest absolute Gasteiger partial charge is 0.253 e. The van der Waals surface area contributed by atoms with Crippen LogP contribution in [0.1, 0.15) is 41.6 Å². The van der Waals surface area contributed by atoms with E-state index in [1.807, 2.05) is 36.0 Å². The molecule has 1 heterocycles. The zero-order valence-corrected chi connectivity index (χ0v) is 11.9. The van der Waals surface area contributed by atoms with Gasteiger partial charge in [0.05, 0.1) is 5.56 Å². The lowest BCUT2D eigenvalue weighted by molar-refractivity contribution is 0.0939. The maximum atomic E-state index is 12.4. The fourth-order valence-electron chi connectivity index (χ4n) is 3.04. The van der Waals surface area contributed by atoms with Gasteiger partial charge in [-0.2, -0.15) is 0 Å². The summed E-state index contributed by atoms with van der Waals surface area (Å²) in [4.78, 5) is 12.4. The van der Waals surface area contributed by atoms with Crippen molar-refractivity contribution < 1.29 is 4.79 Å². The Hall–Kier alpha value is -2.03. The van der Waals surface area contributed by atoms with E-state index in [1.54, 1.807) is 0 Å². The topological polar surface area (TPSA) is 34.0 Å². The number of benzene rings is 1. The molecule has 0 spiro atoms. The van der Waals surface area contributed by atoms with Crippen molar-refractivity contribution in [3.05, 3.63) is 42.1 Å². The molecular weight excluding hydrogens is 248 g/mol. The molecule has 2 aromatic rings. The van der Waals surface area contributed by atoms with E-state index in [4.69, 9.17) is 0 Å². The molecule has 0 unspecified atom stereocenters. The van der Waals surface area contributed by atoms with E-state index in [-0.39, 0.29) is 5.91 Å². The van der Waals surface area contributed by atoms with Gasteiger partial charge in [0.25, 0.3) is 5.91 Å². The molecule has 1 N–H and O–H groups in total. The Bertz CT molecular complexity index is 663. The number of amides is 1. The number of aryl methyl sites for hydroxylation is 1. The highest BCUT2D eigenvalue weighted by Crippen LogP contribution is 2.24. The molecule has 0 radical (unpaired) electrons. The summed E-state index contributed by atoms with van der Waals surface area (Å²) < 4.78 is 2.01. The Balaban J connectivity index is 1.94. The number of rotatable bonds is 3. The molecule has 0 aliphatic heterocycles. The van der Waals surface area contributed by atoms with E-state index in [0.717, 1.165) is 34.9 Å². The zero-order valence-electron chi connectivity index (χ0n) is 11.9. The van der Waals surface area contributed by atoms with Crippen molar-refractivity contribution in [1.29, 1.82) is 0 Å². The van der Waals surface area contributed by atoms with Crippen molar-refractivity contribution in [3.8, 4) is 0 Å². The lowest BCUT2D eigenvalue weighted by Crippen LogP contribution is -2.32.